The summed E-state index contributed by atoms with van der Waals surface area (Å²) in [4.78, 5) is 11.9. The molecule has 1 saturated heterocycles. The number of carbonyl (C=O) groups is 1. The lowest BCUT2D eigenvalue weighted by atomic mass is 9.83. The summed E-state index contributed by atoms with van der Waals surface area (Å²) in [7, 11) is -3.77. The Morgan fingerprint density at radius 3 is 2.35 bits per heavy atom. The number of amides is 2. The second-order valence-corrected chi connectivity index (χ2v) is 7.36. The molecule has 116 valence electrons. The molecule has 20 heavy (non-hydrogen) atoms. The molecule has 1 saturated carbocycles. The molecular formula is C12H23N3O4S. The van der Waals surface area contributed by atoms with E-state index in [1.807, 2.05) is 6.92 Å². The zero-order valence-electron chi connectivity index (χ0n) is 11.9. The summed E-state index contributed by atoms with van der Waals surface area (Å²) in [6.45, 7) is 3.24. The summed E-state index contributed by atoms with van der Waals surface area (Å²) >= 11 is 0. The Morgan fingerprint density at radius 1 is 1.15 bits per heavy atom. The third kappa shape index (κ3) is 4.07. The Labute approximate surface area is 120 Å². The quantitative estimate of drug-likeness (QED) is 0.798. The van der Waals surface area contributed by atoms with E-state index in [0.29, 0.717) is 13.2 Å². The van der Waals surface area contributed by atoms with Crippen molar-refractivity contribution in [1.29, 1.82) is 0 Å². The van der Waals surface area contributed by atoms with Crippen LogP contribution >= 0.6 is 0 Å². The van der Waals surface area contributed by atoms with Gasteiger partial charge in [-0.05, 0) is 19.8 Å². The lowest BCUT2D eigenvalue weighted by Crippen LogP contribution is -2.55. The summed E-state index contributed by atoms with van der Waals surface area (Å²) in [6.07, 6.45) is 5.07. The number of rotatable bonds is 3. The SMILES string of the molecule is CC1(NC(=O)NS(=O)(=O)N2CCOCC2)CCCCC1. The van der Waals surface area contributed by atoms with E-state index in [1.54, 1.807) is 0 Å². The highest BCUT2D eigenvalue weighted by atomic mass is 32.2. The van der Waals surface area contributed by atoms with Crippen molar-refractivity contribution in [2.75, 3.05) is 26.3 Å². The van der Waals surface area contributed by atoms with E-state index in [-0.39, 0.29) is 18.6 Å². The number of nitrogens with one attached hydrogen (secondary N) is 2. The topological polar surface area (TPSA) is 87.7 Å². The highest BCUT2D eigenvalue weighted by Gasteiger charge is 2.31. The summed E-state index contributed by atoms with van der Waals surface area (Å²) in [5.41, 5.74) is -0.303. The fourth-order valence-electron chi connectivity index (χ4n) is 2.73. The third-order valence-electron chi connectivity index (χ3n) is 3.90. The normalized spacial score (nSPS) is 24.1. The van der Waals surface area contributed by atoms with Gasteiger partial charge < -0.3 is 10.1 Å². The summed E-state index contributed by atoms with van der Waals surface area (Å²) in [5, 5.41) is 2.80. The molecule has 0 aromatic carbocycles. The van der Waals surface area contributed by atoms with Crippen molar-refractivity contribution in [3.8, 4) is 0 Å². The second-order valence-electron chi connectivity index (χ2n) is 5.69. The van der Waals surface area contributed by atoms with Gasteiger partial charge in [-0.1, -0.05) is 19.3 Å². The van der Waals surface area contributed by atoms with Gasteiger partial charge in [-0.2, -0.15) is 12.7 Å². The van der Waals surface area contributed by atoms with E-state index < -0.39 is 16.2 Å². The second kappa shape index (κ2) is 6.28. The molecule has 0 aromatic heterocycles. The van der Waals surface area contributed by atoms with Crippen LogP contribution in [0.15, 0.2) is 0 Å². The molecule has 8 heteroatoms. The van der Waals surface area contributed by atoms with Gasteiger partial charge in [0, 0.05) is 18.6 Å². The zero-order valence-corrected chi connectivity index (χ0v) is 12.7. The van der Waals surface area contributed by atoms with E-state index in [0.717, 1.165) is 25.7 Å². The Kier molecular flexibility index (Phi) is 4.87. The van der Waals surface area contributed by atoms with Crippen molar-refractivity contribution in [2.45, 2.75) is 44.6 Å². The number of hydrogen-bond acceptors (Lipinski definition) is 4. The molecule has 0 bridgehead atoms. The molecule has 0 aromatic rings. The highest BCUT2D eigenvalue weighted by Crippen LogP contribution is 2.27. The highest BCUT2D eigenvalue weighted by molar-refractivity contribution is 7.87. The van der Waals surface area contributed by atoms with Gasteiger partial charge in [0.25, 0.3) is 0 Å². The fraction of sp³-hybridized carbons (Fsp3) is 0.917. The maximum atomic E-state index is 12.0. The van der Waals surface area contributed by atoms with Crippen LogP contribution < -0.4 is 10.0 Å². The lowest BCUT2D eigenvalue weighted by molar-refractivity contribution is 0.0726. The minimum atomic E-state index is -3.77. The van der Waals surface area contributed by atoms with Crippen molar-refractivity contribution in [3.05, 3.63) is 0 Å². The van der Waals surface area contributed by atoms with Crippen molar-refractivity contribution < 1.29 is 17.9 Å². The smallest absolute Gasteiger partial charge is 0.329 e. The first-order valence-electron chi connectivity index (χ1n) is 7.09. The van der Waals surface area contributed by atoms with Crippen LogP contribution in [0.2, 0.25) is 0 Å². The largest absolute Gasteiger partial charge is 0.379 e. The van der Waals surface area contributed by atoms with Crippen LogP contribution in [-0.4, -0.2) is 50.6 Å². The zero-order chi connectivity index (χ0) is 14.6. The maximum Gasteiger partial charge on any atom is 0.329 e. The molecule has 0 atom stereocenters. The Morgan fingerprint density at radius 2 is 1.75 bits per heavy atom. The van der Waals surface area contributed by atoms with Crippen LogP contribution in [0.5, 0.6) is 0 Å². The number of morpholine rings is 1. The first-order chi connectivity index (χ1) is 9.41. The molecule has 1 heterocycles. The molecule has 2 rings (SSSR count). The molecule has 0 unspecified atom stereocenters. The minimum Gasteiger partial charge on any atom is -0.379 e. The molecule has 2 N–H and O–H groups in total. The van der Waals surface area contributed by atoms with E-state index in [9.17, 15) is 13.2 Å². The van der Waals surface area contributed by atoms with Gasteiger partial charge in [0.1, 0.15) is 0 Å². The van der Waals surface area contributed by atoms with Gasteiger partial charge in [0.2, 0.25) is 0 Å². The molecule has 0 radical (unpaired) electrons. The van der Waals surface area contributed by atoms with E-state index in [1.165, 1.54) is 10.7 Å². The Balaban J connectivity index is 1.89. The first kappa shape index (κ1) is 15.5. The summed E-state index contributed by atoms with van der Waals surface area (Å²) < 4.78 is 32.5. The molecule has 2 amide bonds. The lowest BCUT2D eigenvalue weighted by Gasteiger charge is -2.34. The van der Waals surface area contributed by atoms with Crippen LogP contribution in [0.1, 0.15) is 39.0 Å². The van der Waals surface area contributed by atoms with Crippen LogP contribution in [-0.2, 0) is 14.9 Å². The van der Waals surface area contributed by atoms with Gasteiger partial charge in [-0.25, -0.2) is 9.52 Å². The van der Waals surface area contributed by atoms with Crippen molar-refractivity contribution in [1.82, 2.24) is 14.3 Å². The molecule has 1 aliphatic carbocycles. The molecule has 2 aliphatic rings. The Bertz CT molecular complexity index is 440. The number of nitrogens with zero attached hydrogens (tertiary/aromatic N) is 1. The molecule has 2 fully saturated rings. The average Bonchev–Trinajstić information content (AvgIpc) is 2.39. The number of hydrogen-bond donors (Lipinski definition) is 2. The molecular weight excluding hydrogens is 282 g/mol. The maximum absolute atomic E-state index is 12.0. The van der Waals surface area contributed by atoms with Gasteiger partial charge in [-0.3, -0.25) is 0 Å². The first-order valence-corrected chi connectivity index (χ1v) is 8.53. The number of ether oxygens (including phenoxy) is 1. The minimum absolute atomic E-state index is 0.278. The van der Waals surface area contributed by atoms with Gasteiger partial charge in [0.15, 0.2) is 0 Å². The third-order valence-corrected chi connectivity index (χ3v) is 5.39. The predicted octanol–water partition coefficient (Wildman–Crippen LogP) is 0.585. The Hall–Kier alpha value is -0.860. The van der Waals surface area contributed by atoms with Crippen molar-refractivity contribution >= 4 is 16.2 Å². The number of carbonyl (C=O) groups excluding carboxylic acids is 1. The van der Waals surface area contributed by atoms with E-state index in [2.05, 4.69) is 10.0 Å². The number of urea groups is 1. The summed E-state index contributed by atoms with van der Waals surface area (Å²) in [5.74, 6) is 0. The van der Waals surface area contributed by atoms with Crippen LogP contribution in [0.4, 0.5) is 4.79 Å². The van der Waals surface area contributed by atoms with Crippen molar-refractivity contribution in [3.63, 3.8) is 0 Å². The van der Waals surface area contributed by atoms with Gasteiger partial charge in [0.05, 0.1) is 13.2 Å². The van der Waals surface area contributed by atoms with Crippen LogP contribution in [0.3, 0.4) is 0 Å². The average molecular weight is 305 g/mol. The van der Waals surface area contributed by atoms with E-state index >= 15 is 0 Å². The van der Waals surface area contributed by atoms with Crippen LogP contribution in [0.25, 0.3) is 0 Å². The molecule has 0 spiro atoms. The van der Waals surface area contributed by atoms with Gasteiger partial charge in [-0.15, -0.1) is 0 Å². The van der Waals surface area contributed by atoms with Crippen molar-refractivity contribution in [2.24, 2.45) is 0 Å². The summed E-state index contributed by atoms with van der Waals surface area (Å²) in [6, 6.07) is -0.638. The molecule has 7 nitrogen and oxygen atoms in total. The predicted molar refractivity (Wildman–Crippen MR) is 74.5 cm³/mol. The van der Waals surface area contributed by atoms with E-state index in [4.69, 9.17) is 4.74 Å². The van der Waals surface area contributed by atoms with Crippen LogP contribution in [0, 0.1) is 0 Å². The fourth-order valence-corrected chi connectivity index (χ4v) is 3.77. The monoisotopic (exact) mass is 305 g/mol. The van der Waals surface area contributed by atoms with Gasteiger partial charge >= 0.3 is 16.2 Å². The molecule has 1 aliphatic heterocycles. The standard InChI is InChI=1S/C12H23N3O4S/c1-12(5-3-2-4-6-12)13-11(16)14-20(17,18)15-7-9-19-10-8-15/h2-10H2,1H3,(H2,13,14,16).